The predicted octanol–water partition coefficient (Wildman–Crippen LogP) is 3.56. The van der Waals surface area contributed by atoms with Gasteiger partial charge in [-0.15, -0.1) is 11.3 Å². The highest BCUT2D eigenvalue weighted by Crippen LogP contribution is 2.23. The van der Waals surface area contributed by atoms with Crippen molar-refractivity contribution >= 4 is 51.4 Å². The average molecular weight is 414 g/mol. The third-order valence-electron chi connectivity index (χ3n) is 2.76. The van der Waals surface area contributed by atoms with Crippen LogP contribution in [0.3, 0.4) is 0 Å². The summed E-state index contributed by atoms with van der Waals surface area (Å²) in [5, 5.41) is 7.61. The van der Waals surface area contributed by atoms with E-state index >= 15 is 0 Å². The van der Waals surface area contributed by atoms with Gasteiger partial charge in [-0.05, 0) is 52.2 Å². The Labute approximate surface area is 141 Å². The van der Waals surface area contributed by atoms with Gasteiger partial charge < -0.3 is 10.6 Å². The molecular formula is C15H15IN2O2S. The Bertz CT molecular complexity index is 628. The fourth-order valence-electron chi connectivity index (χ4n) is 1.92. The van der Waals surface area contributed by atoms with Crippen molar-refractivity contribution in [3.05, 3.63) is 50.2 Å². The van der Waals surface area contributed by atoms with Crippen molar-refractivity contribution in [2.75, 3.05) is 5.32 Å². The number of rotatable bonds is 5. The average Bonchev–Trinajstić information content (AvgIpc) is 2.91. The van der Waals surface area contributed by atoms with Crippen molar-refractivity contribution < 1.29 is 9.59 Å². The summed E-state index contributed by atoms with van der Waals surface area (Å²) in [5.74, 6) is -0.264. The molecule has 2 aromatic rings. The minimum atomic E-state index is -0.287. The van der Waals surface area contributed by atoms with E-state index in [0.717, 1.165) is 14.1 Å². The Balaban J connectivity index is 2.02. The lowest BCUT2D eigenvalue weighted by atomic mass is 10.1. The van der Waals surface area contributed by atoms with Crippen molar-refractivity contribution in [2.45, 2.75) is 19.4 Å². The lowest BCUT2D eigenvalue weighted by molar-refractivity contribution is -0.120. The van der Waals surface area contributed by atoms with Crippen LogP contribution in [0.5, 0.6) is 0 Å². The molecule has 1 atom stereocenters. The molecule has 0 fully saturated rings. The van der Waals surface area contributed by atoms with Crippen LogP contribution in [-0.4, -0.2) is 11.8 Å². The summed E-state index contributed by atoms with van der Waals surface area (Å²) in [5.41, 5.74) is 0.764. The van der Waals surface area contributed by atoms with E-state index < -0.39 is 0 Å². The van der Waals surface area contributed by atoms with Gasteiger partial charge in [-0.25, -0.2) is 0 Å². The maximum absolute atomic E-state index is 12.2. The lowest BCUT2D eigenvalue weighted by Gasteiger charge is -2.16. The number of hydrogen-bond acceptors (Lipinski definition) is 3. The van der Waals surface area contributed by atoms with Crippen LogP contribution >= 0.6 is 33.9 Å². The number of thiophene rings is 1. The first-order valence-corrected chi connectivity index (χ1v) is 8.36. The highest BCUT2D eigenvalue weighted by Gasteiger charge is 2.18. The maximum Gasteiger partial charge on any atom is 0.226 e. The molecule has 1 unspecified atom stereocenters. The van der Waals surface area contributed by atoms with Crippen LogP contribution in [0.4, 0.5) is 5.69 Å². The molecule has 2 N–H and O–H groups in total. The normalized spacial score (nSPS) is 11.7. The number of benzene rings is 1. The van der Waals surface area contributed by atoms with E-state index in [4.69, 9.17) is 0 Å². The van der Waals surface area contributed by atoms with Crippen LogP contribution in [0, 0.1) is 3.57 Å². The zero-order valence-electron chi connectivity index (χ0n) is 11.4. The Morgan fingerprint density at radius 2 is 2.10 bits per heavy atom. The number of amides is 2. The summed E-state index contributed by atoms with van der Waals surface area (Å²) in [6.07, 6.45) is 0.214. The van der Waals surface area contributed by atoms with Crippen molar-refractivity contribution in [3.8, 4) is 0 Å². The van der Waals surface area contributed by atoms with Gasteiger partial charge in [0.25, 0.3) is 0 Å². The maximum atomic E-state index is 12.2. The molecule has 0 saturated carbocycles. The smallest absolute Gasteiger partial charge is 0.226 e. The van der Waals surface area contributed by atoms with E-state index in [1.54, 1.807) is 0 Å². The second kappa shape index (κ2) is 7.56. The third kappa shape index (κ3) is 5.13. The van der Waals surface area contributed by atoms with E-state index in [1.807, 2.05) is 41.8 Å². The minimum Gasteiger partial charge on any atom is -0.348 e. The van der Waals surface area contributed by atoms with E-state index in [-0.39, 0.29) is 24.3 Å². The molecule has 1 aromatic carbocycles. The van der Waals surface area contributed by atoms with Gasteiger partial charge in [0.15, 0.2) is 0 Å². The van der Waals surface area contributed by atoms with Crippen molar-refractivity contribution in [1.82, 2.24) is 5.32 Å². The van der Waals surface area contributed by atoms with Gasteiger partial charge in [0, 0.05) is 21.1 Å². The topological polar surface area (TPSA) is 58.2 Å². The summed E-state index contributed by atoms with van der Waals surface area (Å²) in [7, 11) is 0. The summed E-state index contributed by atoms with van der Waals surface area (Å²) >= 11 is 3.72. The fourth-order valence-corrected chi connectivity index (χ4v) is 3.24. The van der Waals surface area contributed by atoms with E-state index in [9.17, 15) is 9.59 Å². The van der Waals surface area contributed by atoms with Gasteiger partial charge in [0.05, 0.1) is 12.5 Å². The molecule has 1 aromatic heterocycles. The second-order valence-electron chi connectivity index (χ2n) is 4.53. The number of hydrogen-bond donors (Lipinski definition) is 2. The number of nitrogens with one attached hydrogen (secondary N) is 2. The van der Waals surface area contributed by atoms with Crippen LogP contribution in [0.25, 0.3) is 0 Å². The molecule has 0 radical (unpaired) electrons. The molecule has 1 heterocycles. The minimum absolute atomic E-state index is 0.121. The summed E-state index contributed by atoms with van der Waals surface area (Å²) in [4.78, 5) is 24.4. The van der Waals surface area contributed by atoms with Gasteiger partial charge in [0.1, 0.15) is 0 Å². The van der Waals surface area contributed by atoms with Crippen molar-refractivity contribution in [1.29, 1.82) is 0 Å². The number of halogens is 1. The number of carbonyl (C=O) groups is 2. The Morgan fingerprint density at radius 3 is 2.71 bits per heavy atom. The number of anilines is 1. The zero-order valence-corrected chi connectivity index (χ0v) is 14.4. The second-order valence-corrected chi connectivity index (χ2v) is 6.76. The fraction of sp³-hybridized carbons (Fsp3) is 0.200. The number of carbonyl (C=O) groups excluding carboxylic acids is 2. The molecule has 2 amide bonds. The molecule has 0 aliphatic carbocycles. The summed E-state index contributed by atoms with van der Waals surface area (Å²) < 4.78 is 1.06. The monoisotopic (exact) mass is 414 g/mol. The molecular weight excluding hydrogens is 399 g/mol. The van der Waals surface area contributed by atoms with E-state index in [0.29, 0.717) is 0 Å². The Morgan fingerprint density at radius 1 is 1.29 bits per heavy atom. The molecule has 0 aliphatic heterocycles. The van der Waals surface area contributed by atoms with Crippen LogP contribution in [0.15, 0.2) is 41.8 Å². The molecule has 0 saturated heterocycles. The predicted molar refractivity (Wildman–Crippen MR) is 93.3 cm³/mol. The first-order valence-electron chi connectivity index (χ1n) is 6.40. The van der Waals surface area contributed by atoms with Crippen LogP contribution in [0.2, 0.25) is 0 Å². The SMILES string of the molecule is CC(=O)NC(CC(=O)Nc1cccc(I)c1)c1cccs1. The highest BCUT2D eigenvalue weighted by molar-refractivity contribution is 14.1. The van der Waals surface area contributed by atoms with Gasteiger partial charge in [-0.2, -0.15) is 0 Å². The molecule has 2 rings (SSSR count). The Kier molecular flexibility index (Phi) is 5.75. The quantitative estimate of drug-likeness (QED) is 0.736. The van der Waals surface area contributed by atoms with Gasteiger partial charge in [-0.3, -0.25) is 9.59 Å². The van der Waals surface area contributed by atoms with Crippen LogP contribution in [0.1, 0.15) is 24.3 Å². The van der Waals surface area contributed by atoms with Crippen molar-refractivity contribution in [2.24, 2.45) is 0 Å². The van der Waals surface area contributed by atoms with Gasteiger partial charge >= 0.3 is 0 Å². The van der Waals surface area contributed by atoms with E-state index in [1.165, 1.54) is 18.3 Å². The summed E-state index contributed by atoms with van der Waals surface area (Å²) in [6, 6.07) is 11.1. The van der Waals surface area contributed by atoms with Gasteiger partial charge in [-0.1, -0.05) is 12.1 Å². The first kappa shape index (κ1) is 16.0. The van der Waals surface area contributed by atoms with E-state index in [2.05, 4.69) is 33.2 Å². The largest absolute Gasteiger partial charge is 0.348 e. The summed E-state index contributed by atoms with van der Waals surface area (Å²) in [6.45, 7) is 1.46. The lowest BCUT2D eigenvalue weighted by Crippen LogP contribution is -2.29. The third-order valence-corrected chi connectivity index (χ3v) is 4.42. The highest BCUT2D eigenvalue weighted by atomic mass is 127. The standard InChI is InChI=1S/C15H15IN2O2S/c1-10(19)17-13(14-6-3-7-21-14)9-15(20)18-12-5-2-4-11(16)8-12/h2-8,13H,9H2,1H3,(H,17,19)(H,18,20). The molecule has 0 bridgehead atoms. The molecule has 0 aliphatic rings. The molecule has 4 nitrogen and oxygen atoms in total. The molecule has 6 heteroatoms. The zero-order chi connectivity index (χ0) is 15.2. The molecule has 21 heavy (non-hydrogen) atoms. The first-order chi connectivity index (χ1) is 10.0. The van der Waals surface area contributed by atoms with Crippen LogP contribution in [-0.2, 0) is 9.59 Å². The molecule has 110 valence electrons. The van der Waals surface area contributed by atoms with Crippen LogP contribution < -0.4 is 10.6 Å². The Hall–Kier alpha value is -1.41. The van der Waals surface area contributed by atoms with Gasteiger partial charge in [0.2, 0.25) is 11.8 Å². The van der Waals surface area contributed by atoms with Crippen molar-refractivity contribution in [3.63, 3.8) is 0 Å². The molecule has 0 spiro atoms.